The van der Waals surface area contributed by atoms with E-state index in [9.17, 15) is 4.79 Å². The first-order chi connectivity index (χ1) is 19.1. The van der Waals surface area contributed by atoms with Gasteiger partial charge in [0.25, 0.3) is 0 Å². The second-order valence-electron chi connectivity index (χ2n) is 9.98. The molecule has 2 saturated heterocycles. The first-order valence-electron chi connectivity index (χ1n) is 13.7. The maximum atomic E-state index is 12.6. The van der Waals surface area contributed by atoms with Crippen molar-refractivity contribution in [1.82, 2.24) is 24.8 Å². The van der Waals surface area contributed by atoms with Gasteiger partial charge in [-0.2, -0.15) is 5.26 Å². The standard InChI is InChI=1S/C28H35ClN8O2/c1-2-39-17-16-36-14-15-37(19-24(36)38)22-6-4-20(5-7-22)27-33-26-25(23(29)18-31-28(26)34-27)32-21-8-12-35(13-9-21)11-3-10-30/h4-7,18,21H,2-3,8-9,11-17,19H2,1H3,(H2,31,32,33,34). The molecule has 0 spiro atoms. The molecule has 206 valence electrons. The third-order valence-electron chi connectivity index (χ3n) is 7.48. The Bertz CT molecular complexity index is 1310. The van der Waals surface area contributed by atoms with Crippen LogP contribution in [0.5, 0.6) is 0 Å². The molecule has 0 atom stereocenters. The molecule has 0 saturated carbocycles. The van der Waals surface area contributed by atoms with E-state index in [2.05, 4.69) is 31.2 Å². The molecule has 2 aliphatic heterocycles. The number of carbonyl (C=O) groups is 1. The number of fused-ring (bicyclic) bond motifs is 1. The van der Waals surface area contributed by atoms with E-state index >= 15 is 0 Å². The summed E-state index contributed by atoms with van der Waals surface area (Å²) >= 11 is 6.57. The van der Waals surface area contributed by atoms with Gasteiger partial charge in [-0.25, -0.2) is 9.97 Å². The predicted octanol–water partition coefficient (Wildman–Crippen LogP) is 3.75. The average Bonchev–Trinajstić information content (AvgIpc) is 3.40. The minimum absolute atomic E-state index is 0.123. The zero-order chi connectivity index (χ0) is 27.2. The Kier molecular flexibility index (Phi) is 8.81. The minimum Gasteiger partial charge on any atom is -0.380 e. The molecular weight excluding hydrogens is 516 g/mol. The number of H-pyrrole nitrogens is 1. The van der Waals surface area contributed by atoms with Gasteiger partial charge in [-0.05, 0) is 44.0 Å². The van der Waals surface area contributed by atoms with E-state index < -0.39 is 0 Å². The smallest absolute Gasteiger partial charge is 0.242 e. The van der Waals surface area contributed by atoms with Crippen molar-refractivity contribution in [3.05, 3.63) is 35.5 Å². The Morgan fingerprint density at radius 3 is 2.69 bits per heavy atom. The summed E-state index contributed by atoms with van der Waals surface area (Å²) in [5.41, 5.74) is 4.16. The van der Waals surface area contributed by atoms with Crippen LogP contribution in [-0.2, 0) is 9.53 Å². The molecule has 0 unspecified atom stereocenters. The molecule has 3 aromatic rings. The van der Waals surface area contributed by atoms with Crippen LogP contribution < -0.4 is 10.2 Å². The van der Waals surface area contributed by atoms with Crippen molar-refractivity contribution in [1.29, 1.82) is 5.26 Å². The third-order valence-corrected chi connectivity index (χ3v) is 7.76. The first-order valence-corrected chi connectivity index (χ1v) is 14.0. The molecule has 0 radical (unpaired) electrons. The van der Waals surface area contributed by atoms with E-state index in [1.165, 1.54) is 0 Å². The van der Waals surface area contributed by atoms with Crippen LogP contribution in [0.2, 0.25) is 5.02 Å². The topological polar surface area (TPSA) is 113 Å². The summed E-state index contributed by atoms with van der Waals surface area (Å²) in [6.07, 6.45) is 4.18. The van der Waals surface area contributed by atoms with Crippen molar-refractivity contribution in [2.24, 2.45) is 0 Å². The molecule has 11 heteroatoms. The number of likely N-dealkylation sites (tertiary alicyclic amines) is 1. The van der Waals surface area contributed by atoms with Crippen LogP contribution in [-0.4, -0.2) is 95.7 Å². The van der Waals surface area contributed by atoms with Crippen molar-refractivity contribution in [3.8, 4) is 17.5 Å². The molecular formula is C28H35ClN8O2. The Labute approximate surface area is 233 Å². The van der Waals surface area contributed by atoms with E-state index in [-0.39, 0.29) is 11.9 Å². The number of hydrogen-bond acceptors (Lipinski definition) is 8. The largest absolute Gasteiger partial charge is 0.380 e. The van der Waals surface area contributed by atoms with Crippen molar-refractivity contribution in [2.75, 3.05) is 69.2 Å². The number of pyridine rings is 1. The number of halogens is 1. The van der Waals surface area contributed by atoms with E-state index in [0.717, 1.165) is 67.3 Å². The number of nitrogens with zero attached hydrogens (tertiary/aromatic N) is 6. The van der Waals surface area contributed by atoms with Crippen LogP contribution in [0.3, 0.4) is 0 Å². The number of nitriles is 1. The highest BCUT2D eigenvalue weighted by Gasteiger charge is 2.24. The van der Waals surface area contributed by atoms with Crippen molar-refractivity contribution < 1.29 is 9.53 Å². The van der Waals surface area contributed by atoms with Gasteiger partial charge in [0.2, 0.25) is 5.91 Å². The van der Waals surface area contributed by atoms with Gasteiger partial charge < -0.3 is 29.7 Å². The summed E-state index contributed by atoms with van der Waals surface area (Å²) in [5.74, 6) is 0.843. The van der Waals surface area contributed by atoms with Gasteiger partial charge in [0.05, 0.1) is 36.1 Å². The average molecular weight is 551 g/mol. The fourth-order valence-electron chi connectivity index (χ4n) is 5.23. The molecule has 2 fully saturated rings. The zero-order valence-corrected chi connectivity index (χ0v) is 23.1. The number of piperazine rings is 1. The number of nitrogens with one attached hydrogen (secondary N) is 2. The summed E-state index contributed by atoms with van der Waals surface area (Å²) < 4.78 is 5.40. The molecule has 0 aliphatic carbocycles. The molecule has 2 N–H and O–H groups in total. The number of hydrogen-bond donors (Lipinski definition) is 2. The van der Waals surface area contributed by atoms with Crippen molar-refractivity contribution in [2.45, 2.75) is 32.2 Å². The number of amides is 1. The second kappa shape index (κ2) is 12.6. The Balaban J connectivity index is 1.25. The Hall–Kier alpha value is -3.39. The zero-order valence-electron chi connectivity index (χ0n) is 22.3. The molecule has 39 heavy (non-hydrogen) atoms. The highest BCUT2D eigenvalue weighted by molar-refractivity contribution is 6.34. The van der Waals surface area contributed by atoms with Gasteiger partial charge in [0.15, 0.2) is 5.65 Å². The van der Waals surface area contributed by atoms with Gasteiger partial charge >= 0.3 is 0 Å². The molecule has 4 heterocycles. The van der Waals surface area contributed by atoms with Crippen LogP contribution in [0, 0.1) is 11.3 Å². The van der Waals surface area contributed by atoms with E-state index in [4.69, 9.17) is 26.6 Å². The van der Waals surface area contributed by atoms with E-state index in [1.807, 2.05) is 36.1 Å². The molecule has 1 amide bonds. The monoisotopic (exact) mass is 550 g/mol. The van der Waals surface area contributed by atoms with Crippen LogP contribution in [0.4, 0.5) is 11.4 Å². The maximum Gasteiger partial charge on any atom is 0.242 e. The summed E-state index contributed by atoms with van der Waals surface area (Å²) in [7, 11) is 0. The van der Waals surface area contributed by atoms with Gasteiger partial charge in [-0.15, -0.1) is 0 Å². The normalized spacial score (nSPS) is 17.1. The van der Waals surface area contributed by atoms with Gasteiger partial charge in [0.1, 0.15) is 11.3 Å². The maximum absolute atomic E-state index is 12.6. The minimum atomic E-state index is 0.123. The van der Waals surface area contributed by atoms with Crippen LogP contribution >= 0.6 is 11.6 Å². The SMILES string of the molecule is CCOCCN1CCN(c2ccc(-c3nc4c(NC5CCN(CCC#N)CC5)c(Cl)cnc4[nH]3)cc2)CC1=O. The molecule has 2 aromatic heterocycles. The van der Waals surface area contributed by atoms with Gasteiger partial charge in [0, 0.05) is 69.6 Å². The molecule has 0 bridgehead atoms. The lowest BCUT2D eigenvalue weighted by atomic mass is 10.0. The summed E-state index contributed by atoms with van der Waals surface area (Å²) in [5, 5.41) is 13.0. The quantitative estimate of drug-likeness (QED) is 0.367. The van der Waals surface area contributed by atoms with Crippen LogP contribution in [0.15, 0.2) is 30.5 Å². The fourth-order valence-corrected chi connectivity index (χ4v) is 5.43. The third kappa shape index (κ3) is 6.44. The molecule has 5 rings (SSSR count). The predicted molar refractivity (Wildman–Crippen MR) is 153 cm³/mol. The number of benzene rings is 1. The lowest BCUT2D eigenvalue weighted by Crippen LogP contribution is -2.51. The number of imidazole rings is 1. The van der Waals surface area contributed by atoms with Crippen LogP contribution in [0.25, 0.3) is 22.6 Å². The highest BCUT2D eigenvalue weighted by Crippen LogP contribution is 2.32. The molecule has 10 nitrogen and oxygen atoms in total. The summed E-state index contributed by atoms with van der Waals surface area (Å²) in [6, 6.07) is 10.6. The number of carbonyl (C=O) groups excluding carboxylic acids is 1. The van der Waals surface area contributed by atoms with Crippen LogP contribution in [0.1, 0.15) is 26.2 Å². The van der Waals surface area contributed by atoms with E-state index in [1.54, 1.807) is 6.20 Å². The number of aromatic nitrogens is 3. The van der Waals surface area contributed by atoms with E-state index in [0.29, 0.717) is 49.9 Å². The Morgan fingerprint density at radius 2 is 1.97 bits per heavy atom. The summed E-state index contributed by atoms with van der Waals surface area (Å²) in [6.45, 7) is 8.43. The summed E-state index contributed by atoms with van der Waals surface area (Å²) in [4.78, 5) is 31.6. The Morgan fingerprint density at radius 1 is 1.18 bits per heavy atom. The van der Waals surface area contributed by atoms with Crippen molar-refractivity contribution in [3.63, 3.8) is 0 Å². The number of anilines is 2. The fraction of sp³-hybridized carbons (Fsp3) is 0.500. The highest BCUT2D eigenvalue weighted by atomic mass is 35.5. The molecule has 2 aliphatic rings. The lowest BCUT2D eigenvalue weighted by Gasteiger charge is -2.35. The first kappa shape index (κ1) is 27.2. The van der Waals surface area contributed by atoms with Gasteiger partial charge in [-0.1, -0.05) is 11.6 Å². The molecule has 1 aromatic carbocycles. The number of ether oxygens (including phenoxy) is 1. The number of aromatic amines is 1. The lowest BCUT2D eigenvalue weighted by molar-refractivity contribution is -0.131. The van der Waals surface area contributed by atoms with Gasteiger partial charge in [-0.3, -0.25) is 4.79 Å². The second-order valence-corrected chi connectivity index (χ2v) is 10.4. The number of piperidine rings is 1. The number of rotatable bonds is 10. The van der Waals surface area contributed by atoms with Crippen molar-refractivity contribution >= 4 is 40.0 Å².